The van der Waals surface area contributed by atoms with Gasteiger partial charge in [0.2, 0.25) is 0 Å². The average molecular weight is 264 g/mol. The largest absolute Gasteiger partial charge is 0.481 e. The predicted molar refractivity (Wildman–Crippen MR) is 76.9 cm³/mol. The number of furan rings is 1. The molecule has 0 saturated heterocycles. The minimum atomic E-state index is -0.677. The van der Waals surface area contributed by atoms with E-state index in [1.54, 1.807) is 6.26 Å². The van der Waals surface area contributed by atoms with Crippen LogP contribution in [0.5, 0.6) is 0 Å². The van der Waals surface area contributed by atoms with Gasteiger partial charge in [0, 0.05) is 6.42 Å². The van der Waals surface area contributed by atoms with Crippen molar-refractivity contribution in [3.63, 3.8) is 0 Å². The summed E-state index contributed by atoms with van der Waals surface area (Å²) in [6.45, 7) is 0. The molecule has 1 aromatic rings. The average Bonchev–Trinajstić information content (AvgIpc) is 2.88. The molecule has 0 saturated carbocycles. The Hall–Kier alpha value is -1.51. The van der Waals surface area contributed by atoms with Crippen molar-refractivity contribution in [1.29, 1.82) is 0 Å². The van der Waals surface area contributed by atoms with E-state index in [0.29, 0.717) is 6.42 Å². The molecule has 0 aliphatic carbocycles. The van der Waals surface area contributed by atoms with Crippen LogP contribution in [0.15, 0.2) is 28.9 Å². The topological polar surface area (TPSA) is 50.4 Å². The highest BCUT2D eigenvalue weighted by molar-refractivity contribution is 5.66. The second-order valence-corrected chi connectivity index (χ2v) is 4.83. The maximum absolute atomic E-state index is 10.3. The van der Waals surface area contributed by atoms with E-state index in [2.05, 4.69) is 6.08 Å². The molecule has 0 atom stereocenters. The van der Waals surface area contributed by atoms with Crippen LogP contribution >= 0.6 is 0 Å². The Bertz CT molecular complexity index is 352. The number of carboxylic acid groups (broad SMARTS) is 1. The smallest absolute Gasteiger partial charge is 0.303 e. The van der Waals surface area contributed by atoms with Gasteiger partial charge in [-0.25, -0.2) is 0 Å². The molecular formula is C16H24O3. The molecule has 106 valence electrons. The summed E-state index contributed by atoms with van der Waals surface area (Å²) in [5, 5.41) is 8.49. The Morgan fingerprint density at radius 3 is 2.42 bits per heavy atom. The van der Waals surface area contributed by atoms with Crippen molar-refractivity contribution < 1.29 is 14.3 Å². The van der Waals surface area contributed by atoms with E-state index in [1.807, 2.05) is 18.2 Å². The zero-order valence-corrected chi connectivity index (χ0v) is 11.5. The summed E-state index contributed by atoms with van der Waals surface area (Å²) in [4.78, 5) is 10.3. The molecule has 19 heavy (non-hydrogen) atoms. The third kappa shape index (κ3) is 9.11. The van der Waals surface area contributed by atoms with Crippen molar-refractivity contribution in [2.75, 3.05) is 0 Å². The number of hydrogen-bond donors (Lipinski definition) is 1. The first-order valence-corrected chi connectivity index (χ1v) is 7.21. The summed E-state index contributed by atoms with van der Waals surface area (Å²) in [5.41, 5.74) is 0. The molecule has 0 aliphatic rings. The molecule has 1 heterocycles. The van der Waals surface area contributed by atoms with E-state index >= 15 is 0 Å². The number of carboxylic acids is 1. The molecule has 0 spiro atoms. The number of hydrogen-bond acceptors (Lipinski definition) is 2. The van der Waals surface area contributed by atoms with Gasteiger partial charge in [0.15, 0.2) is 0 Å². The van der Waals surface area contributed by atoms with Gasteiger partial charge in [-0.3, -0.25) is 4.79 Å². The molecule has 0 amide bonds. The van der Waals surface area contributed by atoms with Crippen LogP contribution < -0.4 is 0 Å². The van der Waals surface area contributed by atoms with Gasteiger partial charge in [-0.2, -0.15) is 0 Å². The van der Waals surface area contributed by atoms with Crippen LogP contribution in [0.2, 0.25) is 0 Å². The van der Waals surface area contributed by atoms with Gasteiger partial charge < -0.3 is 9.52 Å². The molecule has 0 unspecified atom stereocenters. The summed E-state index contributed by atoms with van der Waals surface area (Å²) in [7, 11) is 0. The number of aliphatic carboxylic acids is 1. The summed E-state index contributed by atoms with van der Waals surface area (Å²) in [6.07, 6.45) is 15.2. The standard InChI is InChI=1S/C16H24O3/c17-16(18)13-9-7-5-3-1-2-4-6-8-11-15-12-10-14-19-15/h8,10-12,14H,1-7,9,13H2,(H,17,18)/b11-8+. The van der Waals surface area contributed by atoms with Crippen molar-refractivity contribution in [1.82, 2.24) is 0 Å². The molecule has 0 fully saturated rings. The van der Waals surface area contributed by atoms with Crippen molar-refractivity contribution >= 4 is 12.0 Å². The molecule has 0 aliphatic heterocycles. The van der Waals surface area contributed by atoms with Crippen LogP contribution in [-0.2, 0) is 4.79 Å². The lowest BCUT2D eigenvalue weighted by Gasteiger charge is -2.00. The third-order valence-electron chi connectivity index (χ3n) is 3.09. The van der Waals surface area contributed by atoms with Gasteiger partial charge in [0.05, 0.1) is 6.26 Å². The van der Waals surface area contributed by atoms with Crippen LogP contribution in [0, 0.1) is 0 Å². The lowest BCUT2D eigenvalue weighted by Crippen LogP contribution is -1.93. The first kappa shape index (κ1) is 15.5. The van der Waals surface area contributed by atoms with Gasteiger partial charge in [-0.05, 0) is 37.5 Å². The fourth-order valence-corrected chi connectivity index (χ4v) is 2.01. The zero-order valence-electron chi connectivity index (χ0n) is 11.5. The Morgan fingerprint density at radius 2 is 1.79 bits per heavy atom. The number of allylic oxidation sites excluding steroid dienone is 1. The van der Waals surface area contributed by atoms with E-state index < -0.39 is 5.97 Å². The van der Waals surface area contributed by atoms with E-state index in [4.69, 9.17) is 9.52 Å². The number of unbranched alkanes of at least 4 members (excludes halogenated alkanes) is 7. The van der Waals surface area contributed by atoms with E-state index in [9.17, 15) is 4.79 Å². The highest BCUT2D eigenvalue weighted by atomic mass is 16.4. The molecule has 0 aromatic carbocycles. The molecule has 0 bridgehead atoms. The highest BCUT2D eigenvalue weighted by Gasteiger charge is 1.96. The maximum Gasteiger partial charge on any atom is 0.303 e. The van der Waals surface area contributed by atoms with E-state index in [-0.39, 0.29) is 0 Å². The van der Waals surface area contributed by atoms with Crippen molar-refractivity contribution in [2.45, 2.75) is 57.8 Å². The van der Waals surface area contributed by atoms with Crippen LogP contribution in [0.4, 0.5) is 0 Å². The fraction of sp³-hybridized carbons (Fsp3) is 0.562. The SMILES string of the molecule is O=C(O)CCCCCCCCC/C=C/c1ccco1. The van der Waals surface area contributed by atoms with Gasteiger partial charge in [-0.15, -0.1) is 0 Å². The molecule has 0 radical (unpaired) electrons. The maximum atomic E-state index is 10.3. The molecule has 1 aromatic heterocycles. The summed E-state index contributed by atoms with van der Waals surface area (Å²) in [5.74, 6) is 0.238. The molecule has 3 nitrogen and oxygen atoms in total. The molecular weight excluding hydrogens is 240 g/mol. The van der Waals surface area contributed by atoms with Gasteiger partial charge in [0.25, 0.3) is 0 Å². The second kappa shape index (κ2) is 10.4. The molecule has 1 rings (SSSR count). The highest BCUT2D eigenvalue weighted by Crippen LogP contribution is 2.11. The first-order chi connectivity index (χ1) is 9.29. The van der Waals surface area contributed by atoms with Gasteiger partial charge in [0.1, 0.15) is 5.76 Å². The van der Waals surface area contributed by atoms with Gasteiger partial charge >= 0.3 is 5.97 Å². The monoisotopic (exact) mass is 264 g/mol. The Morgan fingerprint density at radius 1 is 1.11 bits per heavy atom. The van der Waals surface area contributed by atoms with Crippen molar-refractivity contribution in [3.8, 4) is 0 Å². The number of rotatable bonds is 11. The first-order valence-electron chi connectivity index (χ1n) is 7.21. The van der Waals surface area contributed by atoms with E-state index in [1.165, 1.54) is 25.7 Å². The van der Waals surface area contributed by atoms with Crippen molar-refractivity contribution in [3.05, 3.63) is 30.2 Å². The predicted octanol–water partition coefficient (Wildman–Crippen LogP) is 4.89. The van der Waals surface area contributed by atoms with Crippen LogP contribution in [0.1, 0.15) is 63.5 Å². The Balaban J connectivity index is 1.82. The number of carbonyl (C=O) groups is 1. The lowest BCUT2D eigenvalue weighted by molar-refractivity contribution is -0.137. The molecule has 3 heteroatoms. The minimum Gasteiger partial charge on any atom is -0.481 e. The second-order valence-electron chi connectivity index (χ2n) is 4.83. The van der Waals surface area contributed by atoms with E-state index in [0.717, 1.165) is 31.4 Å². The molecule has 1 N–H and O–H groups in total. The summed E-state index contributed by atoms with van der Waals surface area (Å²) in [6, 6.07) is 3.84. The Kier molecular flexibility index (Phi) is 8.52. The summed E-state index contributed by atoms with van der Waals surface area (Å²) < 4.78 is 5.20. The quantitative estimate of drug-likeness (QED) is 0.579. The van der Waals surface area contributed by atoms with Gasteiger partial charge in [-0.1, -0.05) is 38.2 Å². The summed E-state index contributed by atoms with van der Waals surface area (Å²) >= 11 is 0. The van der Waals surface area contributed by atoms with Crippen LogP contribution in [0.25, 0.3) is 6.08 Å². The fourth-order valence-electron chi connectivity index (χ4n) is 2.01. The van der Waals surface area contributed by atoms with Crippen molar-refractivity contribution in [2.24, 2.45) is 0 Å². The zero-order chi connectivity index (χ0) is 13.8. The van der Waals surface area contributed by atoms with Crippen LogP contribution in [0.3, 0.4) is 0 Å². The third-order valence-corrected chi connectivity index (χ3v) is 3.09. The lowest BCUT2D eigenvalue weighted by atomic mass is 10.1. The normalized spacial score (nSPS) is 11.2. The minimum absolute atomic E-state index is 0.317. The van der Waals surface area contributed by atoms with Crippen LogP contribution in [-0.4, -0.2) is 11.1 Å². The Labute approximate surface area is 115 Å².